The Bertz CT molecular complexity index is 740. The molecule has 0 amide bonds. The van der Waals surface area contributed by atoms with Gasteiger partial charge < -0.3 is 4.42 Å². The Labute approximate surface area is 144 Å². The zero-order chi connectivity index (χ0) is 16.3. The lowest BCUT2D eigenvalue weighted by molar-refractivity contribution is 0.216. The Morgan fingerprint density at radius 1 is 1.22 bits per heavy atom. The third-order valence-corrected chi connectivity index (χ3v) is 5.94. The normalized spacial score (nSPS) is 17.4. The first-order chi connectivity index (χ1) is 11.1. The van der Waals surface area contributed by atoms with Crippen LogP contribution in [0, 0.1) is 0 Å². The maximum atomic E-state index is 12.5. The standard InChI is InChI=1S/C16H19BrN2O3S/c17-13-5-3-6-14(11-13)23(20,21)18-12-15(16-7-4-10-22-16)19-8-1-2-9-19/h3-7,10-11,15,18H,1-2,8-9,12H2/t15-/m0/s1. The maximum Gasteiger partial charge on any atom is 0.240 e. The molecule has 1 aromatic heterocycles. The lowest BCUT2D eigenvalue weighted by atomic mass is 10.2. The van der Waals surface area contributed by atoms with Crippen molar-refractivity contribution in [3.8, 4) is 0 Å². The van der Waals surface area contributed by atoms with Crippen LogP contribution < -0.4 is 4.72 Å². The van der Waals surface area contributed by atoms with Crippen LogP contribution >= 0.6 is 15.9 Å². The molecular weight excluding hydrogens is 380 g/mol. The lowest BCUT2D eigenvalue weighted by Gasteiger charge is -2.25. The summed E-state index contributed by atoms with van der Waals surface area (Å²) in [6, 6.07) is 10.4. The van der Waals surface area contributed by atoms with Crippen molar-refractivity contribution in [1.82, 2.24) is 9.62 Å². The van der Waals surface area contributed by atoms with E-state index in [0.29, 0.717) is 6.54 Å². The molecule has 124 valence electrons. The fraction of sp³-hybridized carbons (Fsp3) is 0.375. The van der Waals surface area contributed by atoms with Crippen molar-refractivity contribution < 1.29 is 12.8 Å². The maximum absolute atomic E-state index is 12.5. The number of benzene rings is 1. The Morgan fingerprint density at radius 3 is 2.65 bits per heavy atom. The molecule has 0 aliphatic carbocycles. The quantitative estimate of drug-likeness (QED) is 0.811. The highest BCUT2D eigenvalue weighted by Gasteiger charge is 2.27. The van der Waals surface area contributed by atoms with E-state index in [-0.39, 0.29) is 10.9 Å². The summed E-state index contributed by atoms with van der Waals surface area (Å²) in [5.74, 6) is 0.795. The topological polar surface area (TPSA) is 62.6 Å². The summed E-state index contributed by atoms with van der Waals surface area (Å²) in [6.45, 7) is 2.22. The molecule has 23 heavy (non-hydrogen) atoms. The minimum Gasteiger partial charge on any atom is -0.468 e. The van der Waals surface area contributed by atoms with E-state index in [4.69, 9.17) is 4.42 Å². The molecule has 1 saturated heterocycles. The minimum atomic E-state index is -3.55. The van der Waals surface area contributed by atoms with Crippen LogP contribution in [0.3, 0.4) is 0 Å². The summed E-state index contributed by atoms with van der Waals surface area (Å²) in [5, 5.41) is 0. The largest absolute Gasteiger partial charge is 0.468 e. The van der Waals surface area contributed by atoms with Gasteiger partial charge >= 0.3 is 0 Å². The number of likely N-dealkylation sites (tertiary alicyclic amines) is 1. The number of hydrogen-bond acceptors (Lipinski definition) is 4. The number of sulfonamides is 1. The molecular formula is C16H19BrN2O3S. The summed E-state index contributed by atoms with van der Waals surface area (Å²) in [5.41, 5.74) is 0. The van der Waals surface area contributed by atoms with E-state index in [1.807, 2.05) is 12.1 Å². The monoisotopic (exact) mass is 398 g/mol. The molecule has 0 spiro atoms. The second kappa shape index (κ2) is 7.17. The van der Waals surface area contributed by atoms with E-state index in [0.717, 1.165) is 36.2 Å². The molecule has 0 bridgehead atoms. The van der Waals surface area contributed by atoms with E-state index in [1.54, 1.807) is 30.5 Å². The molecule has 0 saturated carbocycles. The van der Waals surface area contributed by atoms with Gasteiger partial charge in [-0.25, -0.2) is 13.1 Å². The van der Waals surface area contributed by atoms with Crippen LogP contribution in [-0.4, -0.2) is 33.0 Å². The molecule has 2 aromatic rings. The van der Waals surface area contributed by atoms with Crippen LogP contribution in [0.2, 0.25) is 0 Å². The van der Waals surface area contributed by atoms with Crippen LogP contribution in [-0.2, 0) is 10.0 Å². The fourth-order valence-corrected chi connectivity index (χ4v) is 4.48. The van der Waals surface area contributed by atoms with Crippen molar-refractivity contribution in [3.63, 3.8) is 0 Å². The van der Waals surface area contributed by atoms with Gasteiger partial charge in [0.05, 0.1) is 17.2 Å². The molecule has 1 aromatic carbocycles. The van der Waals surface area contributed by atoms with Crippen LogP contribution in [0.4, 0.5) is 0 Å². The van der Waals surface area contributed by atoms with Gasteiger partial charge in [-0.2, -0.15) is 0 Å². The van der Waals surface area contributed by atoms with Gasteiger partial charge in [0, 0.05) is 11.0 Å². The molecule has 1 atom stereocenters. The molecule has 1 aliphatic rings. The van der Waals surface area contributed by atoms with Crippen LogP contribution in [0.25, 0.3) is 0 Å². The third-order valence-electron chi connectivity index (χ3n) is 4.03. The molecule has 1 aliphatic heterocycles. The van der Waals surface area contributed by atoms with Gasteiger partial charge in [0.1, 0.15) is 5.76 Å². The van der Waals surface area contributed by atoms with Crippen molar-refractivity contribution in [3.05, 3.63) is 52.9 Å². The highest BCUT2D eigenvalue weighted by molar-refractivity contribution is 9.10. The summed E-state index contributed by atoms with van der Waals surface area (Å²) >= 11 is 3.30. The number of rotatable bonds is 6. The second-order valence-electron chi connectivity index (χ2n) is 5.58. The van der Waals surface area contributed by atoms with Gasteiger partial charge in [0.15, 0.2) is 0 Å². The smallest absolute Gasteiger partial charge is 0.240 e. The van der Waals surface area contributed by atoms with Gasteiger partial charge in [-0.1, -0.05) is 22.0 Å². The van der Waals surface area contributed by atoms with Crippen LogP contribution in [0.15, 0.2) is 56.4 Å². The predicted molar refractivity (Wildman–Crippen MR) is 91.6 cm³/mol. The van der Waals surface area contributed by atoms with Crippen molar-refractivity contribution in [2.24, 2.45) is 0 Å². The van der Waals surface area contributed by atoms with Gasteiger partial charge in [0.25, 0.3) is 0 Å². The first kappa shape index (κ1) is 16.7. The van der Waals surface area contributed by atoms with E-state index < -0.39 is 10.0 Å². The molecule has 5 nitrogen and oxygen atoms in total. The summed E-state index contributed by atoms with van der Waals surface area (Å²) in [6.07, 6.45) is 3.90. The molecule has 0 radical (unpaired) electrons. The summed E-state index contributed by atoms with van der Waals surface area (Å²) in [7, 11) is -3.55. The molecule has 0 unspecified atom stereocenters. The zero-order valence-electron chi connectivity index (χ0n) is 12.6. The molecule has 1 fully saturated rings. The number of hydrogen-bond donors (Lipinski definition) is 1. The highest BCUT2D eigenvalue weighted by atomic mass is 79.9. The molecule has 3 rings (SSSR count). The van der Waals surface area contributed by atoms with E-state index in [2.05, 4.69) is 25.6 Å². The van der Waals surface area contributed by atoms with Gasteiger partial charge in [-0.05, 0) is 56.3 Å². The average molecular weight is 399 g/mol. The Hall–Kier alpha value is -1.15. The fourth-order valence-electron chi connectivity index (χ4n) is 2.85. The first-order valence-electron chi connectivity index (χ1n) is 7.59. The molecule has 2 heterocycles. The number of halogens is 1. The number of furan rings is 1. The van der Waals surface area contributed by atoms with Gasteiger partial charge in [-0.3, -0.25) is 4.90 Å². The minimum absolute atomic E-state index is 0.0746. The van der Waals surface area contributed by atoms with E-state index in [1.165, 1.54) is 0 Å². The molecule has 1 N–H and O–H groups in total. The van der Waals surface area contributed by atoms with Gasteiger partial charge in [0.2, 0.25) is 10.0 Å². The SMILES string of the molecule is O=S(=O)(NC[C@@H](c1ccco1)N1CCCC1)c1cccc(Br)c1. The summed E-state index contributed by atoms with van der Waals surface area (Å²) < 4.78 is 34.0. The Morgan fingerprint density at radius 2 is 2.00 bits per heavy atom. The van der Waals surface area contributed by atoms with Crippen molar-refractivity contribution >= 4 is 26.0 Å². The van der Waals surface area contributed by atoms with Crippen molar-refractivity contribution in [1.29, 1.82) is 0 Å². The predicted octanol–water partition coefficient (Wildman–Crippen LogP) is 3.16. The average Bonchev–Trinajstić information content (AvgIpc) is 3.21. The highest BCUT2D eigenvalue weighted by Crippen LogP contribution is 2.25. The van der Waals surface area contributed by atoms with E-state index >= 15 is 0 Å². The molecule has 7 heteroatoms. The summed E-state index contributed by atoms with van der Waals surface area (Å²) in [4.78, 5) is 2.52. The van der Waals surface area contributed by atoms with Crippen LogP contribution in [0.5, 0.6) is 0 Å². The van der Waals surface area contributed by atoms with Crippen molar-refractivity contribution in [2.75, 3.05) is 19.6 Å². The second-order valence-corrected chi connectivity index (χ2v) is 8.27. The number of nitrogens with zero attached hydrogens (tertiary/aromatic N) is 1. The number of nitrogens with one attached hydrogen (secondary N) is 1. The first-order valence-corrected chi connectivity index (χ1v) is 9.86. The van der Waals surface area contributed by atoms with Crippen molar-refractivity contribution in [2.45, 2.75) is 23.8 Å². The van der Waals surface area contributed by atoms with Crippen LogP contribution in [0.1, 0.15) is 24.6 Å². The zero-order valence-corrected chi connectivity index (χ0v) is 15.0. The third kappa shape index (κ3) is 4.03. The Kier molecular flexibility index (Phi) is 5.21. The Balaban J connectivity index is 1.76. The van der Waals surface area contributed by atoms with E-state index in [9.17, 15) is 8.42 Å². The van der Waals surface area contributed by atoms with Gasteiger partial charge in [-0.15, -0.1) is 0 Å². The lowest BCUT2D eigenvalue weighted by Crippen LogP contribution is -2.36.